The fraction of sp³-hybridized carbons (Fsp3) is 0.0435. The number of aromatic nitrogens is 2. The lowest BCUT2D eigenvalue weighted by molar-refractivity contribution is 0.0957. The fourth-order valence-corrected chi connectivity index (χ4v) is 3.24. The summed E-state index contributed by atoms with van der Waals surface area (Å²) in [6.45, 7) is 0. The van der Waals surface area contributed by atoms with Crippen LogP contribution in [0.2, 0.25) is 5.15 Å². The summed E-state index contributed by atoms with van der Waals surface area (Å²) in [5.74, 6) is 0.498. The van der Waals surface area contributed by atoms with Crippen LogP contribution in [-0.2, 0) is 0 Å². The van der Waals surface area contributed by atoms with Crippen molar-refractivity contribution in [2.45, 2.75) is 0 Å². The molecule has 8 heteroatoms. The maximum Gasteiger partial charge on any atom is 0.269 e. The number of nitrogens with zero attached hydrogens (tertiary/aromatic N) is 2. The van der Waals surface area contributed by atoms with Crippen LogP contribution in [0.15, 0.2) is 73.1 Å². The third-order valence-corrected chi connectivity index (χ3v) is 4.71. The van der Waals surface area contributed by atoms with E-state index in [1.807, 2.05) is 18.2 Å². The zero-order chi connectivity index (χ0) is 21.8. The molecule has 0 spiro atoms. The SMILES string of the molecule is CNC(=O)c1cc(Oc2ccc3c(C(=O)Nc4ccnc(Cl)c4)cccc3c2)ccn1. The van der Waals surface area contributed by atoms with Crippen molar-refractivity contribution in [2.24, 2.45) is 0 Å². The minimum atomic E-state index is -0.296. The number of benzene rings is 2. The van der Waals surface area contributed by atoms with Crippen molar-refractivity contribution in [2.75, 3.05) is 12.4 Å². The first-order chi connectivity index (χ1) is 15.0. The van der Waals surface area contributed by atoms with Crippen LogP contribution in [0.3, 0.4) is 0 Å². The lowest BCUT2D eigenvalue weighted by Crippen LogP contribution is -2.18. The zero-order valence-corrected chi connectivity index (χ0v) is 17.2. The Bertz CT molecular complexity index is 1290. The molecule has 0 saturated carbocycles. The summed E-state index contributed by atoms with van der Waals surface area (Å²) in [6.07, 6.45) is 3.04. The van der Waals surface area contributed by atoms with Crippen LogP contribution in [0.25, 0.3) is 10.8 Å². The third-order valence-electron chi connectivity index (χ3n) is 4.51. The van der Waals surface area contributed by atoms with Gasteiger partial charge in [-0.2, -0.15) is 0 Å². The monoisotopic (exact) mass is 432 g/mol. The van der Waals surface area contributed by atoms with Gasteiger partial charge in [0.1, 0.15) is 22.3 Å². The molecule has 2 aromatic carbocycles. The summed E-state index contributed by atoms with van der Waals surface area (Å²) in [6, 6.07) is 17.3. The second-order valence-corrected chi connectivity index (χ2v) is 6.96. The Hall–Kier alpha value is -3.97. The number of hydrogen-bond acceptors (Lipinski definition) is 5. The molecule has 2 amide bonds. The molecule has 4 aromatic rings. The largest absolute Gasteiger partial charge is 0.457 e. The summed E-state index contributed by atoms with van der Waals surface area (Å²) < 4.78 is 5.89. The lowest BCUT2D eigenvalue weighted by Gasteiger charge is -2.11. The number of ether oxygens (including phenoxy) is 1. The maximum absolute atomic E-state index is 12.8. The number of pyridine rings is 2. The molecule has 0 saturated heterocycles. The molecule has 0 aliphatic carbocycles. The number of carbonyl (C=O) groups excluding carboxylic acids is 2. The molecule has 0 unspecified atom stereocenters. The highest BCUT2D eigenvalue weighted by atomic mass is 35.5. The summed E-state index contributed by atoms with van der Waals surface area (Å²) in [5.41, 5.74) is 1.34. The average Bonchev–Trinajstić information content (AvgIpc) is 2.78. The van der Waals surface area contributed by atoms with Gasteiger partial charge >= 0.3 is 0 Å². The van der Waals surface area contributed by atoms with Gasteiger partial charge in [0.2, 0.25) is 0 Å². The van der Waals surface area contributed by atoms with E-state index in [4.69, 9.17) is 16.3 Å². The van der Waals surface area contributed by atoms with Crippen molar-refractivity contribution in [3.05, 3.63) is 89.5 Å². The van der Waals surface area contributed by atoms with Crippen LogP contribution in [0.4, 0.5) is 5.69 Å². The number of anilines is 1. The minimum Gasteiger partial charge on any atom is -0.457 e. The van der Waals surface area contributed by atoms with E-state index in [9.17, 15) is 9.59 Å². The van der Waals surface area contributed by atoms with Crippen molar-refractivity contribution in [1.29, 1.82) is 0 Å². The summed E-state index contributed by atoms with van der Waals surface area (Å²) in [4.78, 5) is 32.5. The summed E-state index contributed by atoms with van der Waals surface area (Å²) in [7, 11) is 1.54. The molecule has 2 N–H and O–H groups in total. The molecule has 0 bridgehead atoms. The van der Waals surface area contributed by atoms with Gasteiger partial charge in [0.15, 0.2) is 0 Å². The van der Waals surface area contributed by atoms with Gasteiger partial charge in [0, 0.05) is 36.8 Å². The molecular weight excluding hydrogens is 416 g/mol. The van der Waals surface area contributed by atoms with E-state index in [1.165, 1.54) is 19.4 Å². The molecule has 0 radical (unpaired) electrons. The molecule has 0 atom stereocenters. The van der Waals surface area contributed by atoms with Crippen LogP contribution in [0.5, 0.6) is 11.5 Å². The average molecular weight is 433 g/mol. The van der Waals surface area contributed by atoms with Gasteiger partial charge in [-0.3, -0.25) is 14.6 Å². The first-order valence-electron chi connectivity index (χ1n) is 9.35. The second kappa shape index (κ2) is 8.81. The van der Waals surface area contributed by atoms with E-state index in [-0.39, 0.29) is 17.5 Å². The topological polar surface area (TPSA) is 93.2 Å². The molecule has 31 heavy (non-hydrogen) atoms. The predicted octanol–water partition coefficient (Wildman–Crippen LogP) is 4.69. The van der Waals surface area contributed by atoms with E-state index in [2.05, 4.69) is 20.6 Å². The number of hydrogen-bond donors (Lipinski definition) is 2. The van der Waals surface area contributed by atoms with Crippen molar-refractivity contribution in [3.63, 3.8) is 0 Å². The summed E-state index contributed by atoms with van der Waals surface area (Å²) >= 11 is 5.89. The molecule has 4 rings (SSSR count). The zero-order valence-electron chi connectivity index (χ0n) is 16.4. The Morgan fingerprint density at radius 1 is 0.903 bits per heavy atom. The van der Waals surface area contributed by atoms with Crippen molar-refractivity contribution in [3.8, 4) is 11.5 Å². The van der Waals surface area contributed by atoms with Gasteiger partial charge in [-0.15, -0.1) is 0 Å². The van der Waals surface area contributed by atoms with E-state index in [0.717, 1.165) is 10.8 Å². The molecule has 0 fully saturated rings. The molecule has 7 nitrogen and oxygen atoms in total. The van der Waals surface area contributed by atoms with E-state index < -0.39 is 0 Å². The number of amides is 2. The van der Waals surface area contributed by atoms with Gasteiger partial charge in [-0.1, -0.05) is 23.7 Å². The Morgan fingerprint density at radius 2 is 1.71 bits per heavy atom. The molecule has 154 valence electrons. The highest BCUT2D eigenvalue weighted by Crippen LogP contribution is 2.28. The van der Waals surface area contributed by atoms with Crippen LogP contribution < -0.4 is 15.4 Å². The molecule has 2 heterocycles. The lowest BCUT2D eigenvalue weighted by atomic mass is 10.0. The van der Waals surface area contributed by atoms with Crippen LogP contribution in [0.1, 0.15) is 20.8 Å². The number of carbonyl (C=O) groups is 2. The first-order valence-corrected chi connectivity index (χ1v) is 9.73. The quantitative estimate of drug-likeness (QED) is 0.446. The Morgan fingerprint density at radius 3 is 2.52 bits per heavy atom. The predicted molar refractivity (Wildman–Crippen MR) is 119 cm³/mol. The van der Waals surface area contributed by atoms with Gasteiger partial charge in [-0.05, 0) is 53.2 Å². The minimum absolute atomic E-state index is 0.258. The molecule has 2 aromatic heterocycles. The Balaban J connectivity index is 1.59. The van der Waals surface area contributed by atoms with E-state index >= 15 is 0 Å². The highest BCUT2D eigenvalue weighted by Gasteiger charge is 2.12. The Labute approximate surface area is 183 Å². The number of halogens is 1. The van der Waals surface area contributed by atoms with Crippen LogP contribution in [0, 0.1) is 0 Å². The van der Waals surface area contributed by atoms with E-state index in [0.29, 0.717) is 27.9 Å². The fourth-order valence-electron chi connectivity index (χ4n) is 3.06. The van der Waals surface area contributed by atoms with Gasteiger partial charge in [0.05, 0.1) is 0 Å². The van der Waals surface area contributed by atoms with Gasteiger partial charge < -0.3 is 15.4 Å². The molecule has 0 aliphatic rings. The van der Waals surface area contributed by atoms with E-state index in [1.54, 1.807) is 42.5 Å². The highest BCUT2D eigenvalue weighted by molar-refractivity contribution is 6.29. The maximum atomic E-state index is 12.8. The third kappa shape index (κ3) is 4.62. The first kappa shape index (κ1) is 20.3. The number of fused-ring (bicyclic) bond motifs is 1. The van der Waals surface area contributed by atoms with Gasteiger partial charge in [0.25, 0.3) is 11.8 Å². The Kier molecular flexibility index (Phi) is 5.77. The van der Waals surface area contributed by atoms with Crippen LogP contribution >= 0.6 is 11.6 Å². The van der Waals surface area contributed by atoms with Crippen molar-refractivity contribution < 1.29 is 14.3 Å². The normalized spacial score (nSPS) is 10.5. The van der Waals surface area contributed by atoms with Crippen LogP contribution in [-0.4, -0.2) is 28.8 Å². The van der Waals surface area contributed by atoms with Crippen molar-refractivity contribution >= 4 is 39.9 Å². The van der Waals surface area contributed by atoms with Gasteiger partial charge in [-0.25, -0.2) is 4.98 Å². The standard InChI is InChI=1S/C23H17ClN4O3/c1-25-23(30)20-13-17(8-10-26-20)31-16-5-6-18-14(11-16)3-2-4-19(18)22(29)28-15-7-9-27-21(24)12-15/h2-13H,1H3,(H,25,30)(H,27,28,29). The van der Waals surface area contributed by atoms with Crippen molar-refractivity contribution in [1.82, 2.24) is 15.3 Å². The number of rotatable bonds is 5. The molecular formula is C23H17ClN4O3. The number of nitrogens with one attached hydrogen (secondary N) is 2. The summed E-state index contributed by atoms with van der Waals surface area (Å²) in [5, 5.41) is 7.26. The second-order valence-electron chi connectivity index (χ2n) is 6.57. The smallest absolute Gasteiger partial charge is 0.269 e. The molecule has 0 aliphatic heterocycles.